The number of carbonyl (C=O) groups is 2. The number of ether oxygens (including phenoxy) is 1. The minimum Gasteiger partial charge on any atom is -0.478 e. The second-order valence-electron chi connectivity index (χ2n) is 4.55. The van der Waals surface area contributed by atoms with E-state index in [1.54, 1.807) is 14.0 Å². The molecule has 1 unspecified atom stereocenters. The number of anilines is 1. The van der Waals surface area contributed by atoms with Gasteiger partial charge in [-0.3, -0.25) is 4.79 Å². The first-order valence-corrected chi connectivity index (χ1v) is 6.85. The molecule has 1 aliphatic heterocycles. The van der Waals surface area contributed by atoms with Crippen LogP contribution in [0.25, 0.3) is 0 Å². The van der Waals surface area contributed by atoms with Crippen LogP contribution in [0.5, 0.6) is 0 Å². The topological polar surface area (TPSA) is 79.7 Å². The Morgan fingerprint density at radius 2 is 2.32 bits per heavy atom. The maximum Gasteiger partial charge on any atom is 0.340 e. The molecule has 1 N–H and O–H groups in total. The summed E-state index contributed by atoms with van der Waals surface area (Å²) in [6.07, 6.45) is 2.10. The second kappa shape index (κ2) is 5.66. The first kappa shape index (κ1) is 14.0. The summed E-state index contributed by atoms with van der Waals surface area (Å²) in [5.74, 6) is -1.20. The Balaban J connectivity index is 2.12. The van der Waals surface area contributed by atoms with Crippen LogP contribution in [-0.4, -0.2) is 41.1 Å². The van der Waals surface area contributed by atoms with Crippen molar-refractivity contribution in [2.24, 2.45) is 0 Å². The molecule has 2 rings (SSSR count). The standard InChI is InChI=1S/C12H16N2O4S/c1-7-10(12(16)17)11(19-13-7)14(2)9(15)6-8-4-3-5-18-8/h8H,3-6H2,1-2H3,(H,16,17). The monoisotopic (exact) mass is 284 g/mol. The van der Waals surface area contributed by atoms with E-state index in [2.05, 4.69) is 4.37 Å². The molecule has 1 saturated heterocycles. The van der Waals surface area contributed by atoms with Crippen molar-refractivity contribution in [2.75, 3.05) is 18.6 Å². The third kappa shape index (κ3) is 2.93. The molecule has 1 aromatic heterocycles. The van der Waals surface area contributed by atoms with Gasteiger partial charge >= 0.3 is 5.97 Å². The van der Waals surface area contributed by atoms with E-state index in [4.69, 9.17) is 9.84 Å². The quantitative estimate of drug-likeness (QED) is 0.910. The molecule has 104 valence electrons. The first-order chi connectivity index (χ1) is 9.00. The Hall–Kier alpha value is -1.47. The Labute approximate surface area is 115 Å². The summed E-state index contributed by atoms with van der Waals surface area (Å²) >= 11 is 1.03. The summed E-state index contributed by atoms with van der Waals surface area (Å²) in [4.78, 5) is 24.7. The summed E-state index contributed by atoms with van der Waals surface area (Å²) in [6.45, 7) is 2.32. The molecule has 1 atom stereocenters. The van der Waals surface area contributed by atoms with Crippen LogP contribution in [0.1, 0.15) is 35.3 Å². The molecule has 0 saturated carbocycles. The number of amides is 1. The van der Waals surface area contributed by atoms with Gasteiger partial charge in [0.25, 0.3) is 0 Å². The van der Waals surface area contributed by atoms with E-state index in [0.717, 1.165) is 24.4 Å². The van der Waals surface area contributed by atoms with Crippen molar-refractivity contribution in [3.8, 4) is 0 Å². The van der Waals surface area contributed by atoms with Gasteiger partial charge in [-0.15, -0.1) is 0 Å². The molecule has 0 spiro atoms. The minimum absolute atomic E-state index is 0.0442. The highest BCUT2D eigenvalue weighted by Gasteiger charge is 2.26. The van der Waals surface area contributed by atoms with Gasteiger partial charge in [0.05, 0.1) is 18.2 Å². The van der Waals surface area contributed by atoms with Crippen LogP contribution in [0, 0.1) is 6.92 Å². The van der Waals surface area contributed by atoms with E-state index >= 15 is 0 Å². The van der Waals surface area contributed by atoms with Crippen molar-refractivity contribution in [1.29, 1.82) is 0 Å². The number of hydrogen-bond donors (Lipinski definition) is 1. The molecule has 0 aliphatic carbocycles. The van der Waals surface area contributed by atoms with Crippen LogP contribution in [0.4, 0.5) is 5.00 Å². The number of carboxylic acid groups (broad SMARTS) is 1. The molecule has 19 heavy (non-hydrogen) atoms. The third-order valence-electron chi connectivity index (χ3n) is 3.16. The lowest BCUT2D eigenvalue weighted by atomic mass is 10.1. The molecule has 2 heterocycles. The van der Waals surface area contributed by atoms with Gasteiger partial charge in [0.1, 0.15) is 10.6 Å². The second-order valence-corrected chi connectivity index (χ2v) is 5.30. The van der Waals surface area contributed by atoms with Crippen LogP contribution in [0.3, 0.4) is 0 Å². The van der Waals surface area contributed by atoms with Crippen molar-refractivity contribution >= 4 is 28.4 Å². The molecular weight excluding hydrogens is 268 g/mol. The van der Waals surface area contributed by atoms with Gasteiger partial charge in [-0.25, -0.2) is 4.79 Å². The molecule has 6 nitrogen and oxygen atoms in total. The predicted octanol–water partition coefficient (Wildman–Crippen LogP) is 1.68. The molecule has 1 amide bonds. The van der Waals surface area contributed by atoms with Crippen molar-refractivity contribution in [1.82, 2.24) is 4.37 Å². The van der Waals surface area contributed by atoms with Gasteiger partial charge in [0.15, 0.2) is 0 Å². The zero-order valence-electron chi connectivity index (χ0n) is 10.9. The fourth-order valence-corrected chi connectivity index (χ4v) is 2.95. The van der Waals surface area contributed by atoms with Crippen molar-refractivity contribution in [3.05, 3.63) is 11.3 Å². The normalized spacial score (nSPS) is 18.5. The lowest BCUT2D eigenvalue weighted by Crippen LogP contribution is -2.30. The molecular formula is C12H16N2O4S. The maximum atomic E-state index is 12.1. The van der Waals surface area contributed by atoms with E-state index in [-0.39, 0.29) is 24.0 Å². The number of nitrogens with zero attached hydrogens (tertiary/aromatic N) is 2. The van der Waals surface area contributed by atoms with Crippen LogP contribution in [0.2, 0.25) is 0 Å². The van der Waals surface area contributed by atoms with Gasteiger partial charge in [0, 0.05) is 13.7 Å². The van der Waals surface area contributed by atoms with E-state index in [9.17, 15) is 9.59 Å². The smallest absolute Gasteiger partial charge is 0.340 e. The first-order valence-electron chi connectivity index (χ1n) is 6.08. The Morgan fingerprint density at radius 3 is 2.89 bits per heavy atom. The highest BCUT2D eigenvalue weighted by molar-refractivity contribution is 7.11. The summed E-state index contributed by atoms with van der Waals surface area (Å²) in [6, 6.07) is 0. The average Bonchev–Trinajstić information content (AvgIpc) is 2.97. The Kier molecular flexibility index (Phi) is 4.16. The van der Waals surface area contributed by atoms with E-state index in [0.29, 0.717) is 17.3 Å². The fourth-order valence-electron chi connectivity index (χ4n) is 2.08. The van der Waals surface area contributed by atoms with Gasteiger partial charge in [-0.2, -0.15) is 4.37 Å². The van der Waals surface area contributed by atoms with Crippen molar-refractivity contribution in [3.63, 3.8) is 0 Å². The number of rotatable bonds is 4. The van der Waals surface area contributed by atoms with Crippen LogP contribution in [0.15, 0.2) is 0 Å². The molecule has 1 aromatic rings. The Morgan fingerprint density at radius 1 is 1.58 bits per heavy atom. The van der Waals surface area contributed by atoms with E-state index in [1.165, 1.54) is 4.90 Å². The largest absolute Gasteiger partial charge is 0.478 e. The average molecular weight is 284 g/mol. The SMILES string of the molecule is Cc1nsc(N(C)C(=O)CC2CCCO2)c1C(=O)O. The van der Waals surface area contributed by atoms with Crippen LogP contribution < -0.4 is 4.90 Å². The zero-order chi connectivity index (χ0) is 14.0. The highest BCUT2D eigenvalue weighted by Crippen LogP contribution is 2.29. The predicted molar refractivity (Wildman–Crippen MR) is 70.8 cm³/mol. The van der Waals surface area contributed by atoms with Gasteiger partial charge in [-0.1, -0.05) is 0 Å². The van der Waals surface area contributed by atoms with E-state index < -0.39 is 5.97 Å². The molecule has 7 heteroatoms. The fraction of sp³-hybridized carbons (Fsp3) is 0.583. The van der Waals surface area contributed by atoms with Gasteiger partial charge in [-0.05, 0) is 31.3 Å². The summed E-state index contributed by atoms with van der Waals surface area (Å²) < 4.78 is 9.43. The summed E-state index contributed by atoms with van der Waals surface area (Å²) in [5, 5.41) is 9.54. The van der Waals surface area contributed by atoms with Crippen molar-refractivity contribution < 1.29 is 19.4 Å². The summed E-state index contributed by atoms with van der Waals surface area (Å²) in [7, 11) is 1.58. The Bertz CT molecular complexity index is 494. The van der Waals surface area contributed by atoms with Gasteiger partial charge < -0.3 is 14.7 Å². The molecule has 0 radical (unpaired) electrons. The third-order valence-corrected chi connectivity index (χ3v) is 4.18. The minimum atomic E-state index is -1.06. The van der Waals surface area contributed by atoms with Crippen LogP contribution in [-0.2, 0) is 9.53 Å². The highest BCUT2D eigenvalue weighted by atomic mass is 32.1. The van der Waals surface area contributed by atoms with Gasteiger partial charge in [0.2, 0.25) is 5.91 Å². The number of carboxylic acids is 1. The summed E-state index contributed by atoms with van der Waals surface area (Å²) in [5.41, 5.74) is 0.539. The van der Waals surface area contributed by atoms with E-state index in [1.807, 2.05) is 0 Å². The number of hydrogen-bond acceptors (Lipinski definition) is 5. The molecule has 1 fully saturated rings. The number of carbonyl (C=O) groups excluding carboxylic acids is 1. The number of aromatic carboxylic acids is 1. The maximum absolute atomic E-state index is 12.1. The number of aromatic nitrogens is 1. The number of aryl methyl sites for hydroxylation is 1. The zero-order valence-corrected chi connectivity index (χ0v) is 11.7. The molecule has 0 bridgehead atoms. The van der Waals surface area contributed by atoms with Crippen LogP contribution >= 0.6 is 11.5 Å². The van der Waals surface area contributed by atoms with Crippen molar-refractivity contribution in [2.45, 2.75) is 32.3 Å². The lowest BCUT2D eigenvalue weighted by Gasteiger charge is -2.18. The lowest BCUT2D eigenvalue weighted by molar-refractivity contribution is -0.120. The molecule has 1 aliphatic rings. The molecule has 0 aromatic carbocycles.